The van der Waals surface area contributed by atoms with Gasteiger partial charge in [0.25, 0.3) is 0 Å². The van der Waals surface area contributed by atoms with E-state index in [0.717, 1.165) is 25.3 Å². The average Bonchev–Trinajstić information content (AvgIpc) is 2.40. The van der Waals surface area contributed by atoms with Gasteiger partial charge >= 0.3 is 0 Å². The summed E-state index contributed by atoms with van der Waals surface area (Å²) in [4.78, 5) is 0. The van der Waals surface area contributed by atoms with Gasteiger partial charge in [-0.25, -0.2) is 0 Å². The van der Waals surface area contributed by atoms with Crippen molar-refractivity contribution in [2.24, 2.45) is 17.6 Å². The van der Waals surface area contributed by atoms with Gasteiger partial charge in [0.2, 0.25) is 0 Å². The molecule has 0 aliphatic rings. The van der Waals surface area contributed by atoms with Crippen LogP contribution < -0.4 is 10.5 Å². The van der Waals surface area contributed by atoms with Crippen LogP contribution in [0, 0.1) is 11.8 Å². The summed E-state index contributed by atoms with van der Waals surface area (Å²) in [5, 5.41) is 0. The van der Waals surface area contributed by atoms with Gasteiger partial charge in [0.15, 0.2) is 0 Å². The molecule has 1 aromatic carbocycles. The van der Waals surface area contributed by atoms with Crippen LogP contribution in [0.15, 0.2) is 24.3 Å². The molecule has 0 aromatic heterocycles. The molecule has 0 bridgehead atoms. The lowest BCUT2D eigenvalue weighted by Crippen LogP contribution is -2.13. The number of hydrogen-bond acceptors (Lipinski definition) is 2. The van der Waals surface area contributed by atoms with Gasteiger partial charge < -0.3 is 10.5 Å². The van der Waals surface area contributed by atoms with Crippen LogP contribution in [0.2, 0.25) is 0 Å². The molecule has 2 heteroatoms. The Bertz CT molecular complexity index is 334. The van der Waals surface area contributed by atoms with E-state index in [9.17, 15) is 0 Å². The quantitative estimate of drug-likeness (QED) is 0.763. The fraction of sp³-hybridized carbons (Fsp3) is 0.625. The second-order valence-electron chi connectivity index (χ2n) is 5.19. The first-order chi connectivity index (χ1) is 8.69. The van der Waals surface area contributed by atoms with Crippen molar-refractivity contribution in [1.29, 1.82) is 0 Å². The molecule has 0 fully saturated rings. The summed E-state index contributed by atoms with van der Waals surface area (Å²) in [5.41, 5.74) is 6.98. The normalized spacial score (nSPS) is 12.7. The van der Waals surface area contributed by atoms with Gasteiger partial charge in [-0.1, -0.05) is 45.7 Å². The first-order valence-corrected chi connectivity index (χ1v) is 7.11. The zero-order valence-corrected chi connectivity index (χ0v) is 12.0. The van der Waals surface area contributed by atoms with E-state index >= 15 is 0 Å². The molecule has 0 aliphatic carbocycles. The van der Waals surface area contributed by atoms with E-state index in [1.807, 2.05) is 6.07 Å². The summed E-state index contributed by atoms with van der Waals surface area (Å²) >= 11 is 0. The first-order valence-electron chi connectivity index (χ1n) is 7.11. The Morgan fingerprint density at radius 3 is 2.56 bits per heavy atom. The highest BCUT2D eigenvalue weighted by Gasteiger charge is 2.06. The lowest BCUT2D eigenvalue weighted by Gasteiger charge is -2.15. The van der Waals surface area contributed by atoms with Crippen LogP contribution in [0.3, 0.4) is 0 Å². The number of hydrogen-bond donors (Lipinski definition) is 1. The Labute approximate surface area is 112 Å². The Kier molecular flexibility index (Phi) is 6.81. The minimum absolute atomic E-state index is 0.527. The standard InChI is InChI=1S/C16H27NO/c1-4-14(5-2)12-18-16-8-6-7-15(10-16)9-13(3)11-17/h6-8,10,13-14H,4-5,9,11-12,17H2,1-3H3/t13-/m1/s1. The van der Waals surface area contributed by atoms with E-state index in [-0.39, 0.29) is 0 Å². The molecule has 0 spiro atoms. The van der Waals surface area contributed by atoms with Gasteiger partial charge in [-0.2, -0.15) is 0 Å². The third-order valence-electron chi connectivity index (χ3n) is 3.53. The van der Waals surface area contributed by atoms with Crippen molar-refractivity contribution in [1.82, 2.24) is 0 Å². The number of benzene rings is 1. The molecule has 1 aromatic rings. The monoisotopic (exact) mass is 249 g/mol. The maximum atomic E-state index is 5.87. The van der Waals surface area contributed by atoms with Crippen LogP contribution in [0.1, 0.15) is 39.2 Å². The Morgan fingerprint density at radius 1 is 1.22 bits per heavy atom. The minimum Gasteiger partial charge on any atom is -0.493 e. The Hall–Kier alpha value is -1.02. The predicted molar refractivity (Wildman–Crippen MR) is 77.9 cm³/mol. The molecular weight excluding hydrogens is 222 g/mol. The summed E-state index contributed by atoms with van der Waals surface area (Å²) in [6, 6.07) is 8.41. The molecule has 0 heterocycles. The van der Waals surface area contributed by atoms with E-state index in [0.29, 0.717) is 11.8 Å². The number of ether oxygens (including phenoxy) is 1. The molecule has 0 radical (unpaired) electrons. The van der Waals surface area contributed by atoms with Crippen LogP contribution in [-0.2, 0) is 6.42 Å². The van der Waals surface area contributed by atoms with E-state index in [4.69, 9.17) is 10.5 Å². The molecule has 0 aliphatic heterocycles. The third-order valence-corrected chi connectivity index (χ3v) is 3.53. The van der Waals surface area contributed by atoms with Crippen LogP contribution in [0.25, 0.3) is 0 Å². The highest BCUT2D eigenvalue weighted by molar-refractivity contribution is 5.28. The molecule has 0 unspecified atom stereocenters. The molecule has 0 saturated carbocycles. The third kappa shape index (κ3) is 5.09. The van der Waals surface area contributed by atoms with Crippen molar-refractivity contribution in [3.63, 3.8) is 0 Å². The largest absolute Gasteiger partial charge is 0.493 e. The molecular formula is C16H27NO. The molecule has 18 heavy (non-hydrogen) atoms. The molecule has 102 valence electrons. The predicted octanol–water partition coefficient (Wildman–Crippen LogP) is 3.64. The van der Waals surface area contributed by atoms with Crippen molar-refractivity contribution in [3.05, 3.63) is 29.8 Å². The maximum absolute atomic E-state index is 5.87. The Balaban J connectivity index is 2.53. The fourth-order valence-corrected chi connectivity index (χ4v) is 1.99. The van der Waals surface area contributed by atoms with Crippen LogP contribution in [-0.4, -0.2) is 13.2 Å². The highest BCUT2D eigenvalue weighted by atomic mass is 16.5. The zero-order chi connectivity index (χ0) is 13.4. The second kappa shape index (κ2) is 8.15. The van der Waals surface area contributed by atoms with E-state index < -0.39 is 0 Å². The minimum atomic E-state index is 0.527. The fourth-order valence-electron chi connectivity index (χ4n) is 1.99. The highest BCUT2D eigenvalue weighted by Crippen LogP contribution is 2.18. The molecule has 2 N–H and O–H groups in total. The van der Waals surface area contributed by atoms with Gasteiger partial charge in [-0.15, -0.1) is 0 Å². The summed E-state index contributed by atoms with van der Waals surface area (Å²) in [5.74, 6) is 2.18. The molecule has 0 amide bonds. The molecule has 1 atom stereocenters. The number of nitrogens with two attached hydrogens (primary N) is 1. The summed E-state index contributed by atoms with van der Waals surface area (Å²) in [7, 11) is 0. The van der Waals surface area contributed by atoms with Crippen molar-refractivity contribution in [3.8, 4) is 5.75 Å². The summed E-state index contributed by atoms with van der Waals surface area (Å²) < 4.78 is 5.87. The smallest absolute Gasteiger partial charge is 0.119 e. The van der Waals surface area contributed by atoms with Crippen LogP contribution in [0.4, 0.5) is 0 Å². The molecule has 1 rings (SSSR count). The van der Waals surface area contributed by atoms with Gasteiger partial charge in [0.1, 0.15) is 5.75 Å². The summed E-state index contributed by atoms with van der Waals surface area (Å²) in [6.07, 6.45) is 3.39. The summed E-state index contributed by atoms with van der Waals surface area (Å²) in [6.45, 7) is 8.17. The number of rotatable bonds is 8. The van der Waals surface area contributed by atoms with Gasteiger partial charge in [-0.05, 0) is 42.5 Å². The molecule has 0 saturated heterocycles. The van der Waals surface area contributed by atoms with E-state index in [1.165, 1.54) is 18.4 Å². The first kappa shape index (κ1) is 15.0. The van der Waals surface area contributed by atoms with Crippen LogP contribution >= 0.6 is 0 Å². The zero-order valence-electron chi connectivity index (χ0n) is 12.0. The SMILES string of the molecule is CCC(CC)COc1cccc(C[C@@H](C)CN)c1. The maximum Gasteiger partial charge on any atom is 0.119 e. The van der Waals surface area contributed by atoms with Gasteiger partial charge in [-0.3, -0.25) is 0 Å². The van der Waals surface area contributed by atoms with Gasteiger partial charge in [0.05, 0.1) is 6.61 Å². The average molecular weight is 249 g/mol. The molecule has 2 nitrogen and oxygen atoms in total. The van der Waals surface area contributed by atoms with Crippen molar-refractivity contribution in [2.45, 2.75) is 40.0 Å². The van der Waals surface area contributed by atoms with E-state index in [2.05, 4.69) is 39.0 Å². The Morgan fingerprint density at radius 2 is 1.94 bits per heavy atom. The second-order valence-corrected chi connectivity index (χ2v) is 5.19. The topological polar surface area (TPSA) is 35.2 Å². The van der Waals surface area contributed by atoms with Crippen LogP contribution in [0.5, 0.6) is 5.75 Å². The van der Waals surface area contributed by atoms with Gasteiger partial charge in [0, 0.05) is 0 Å². The van der Waals surface area contributed by atoms with E-state index in [1.54, 1.807) is 0 Å². The lowest BCUT2D eigenvalue weighted by molar-refractivity contribution is 0.240. The van der Waals surface area contributed by atoms with Crippen molar-refractivity contribution in [2.75, 3.05) is 13.2 Å². The van der Waals surface area contributed by atoms with Crippen molar-refractivity contribution < 1.29 is 4.74 Å². The lowest BCUT2D eigenvalue weighted by atomic mass is 10.0. The van der Waals surface area contributed by atoms with Crippen molar-refractivity contribution >= 4 is 0 Å².